The topological polar surface area (TPSA) is 70.2 Å². The van der Waals surface area contributed by atoms with Gasteiger partial charge >= 0.3 is 5.97 Å². The minimum absolute atomic E-state index is 0.263. The Hall–Kier alpha value is -1.62. The molecule has 1 aromatic heterocycles. The maximum Gasteiger partial charge on any atom is 0.308 e. The van der Waals surface area contributed by atoms with Gasteiger partial charge in [0.1, 0.15) is 0 Å². The lowest BCUT2D eigenvalue weighted by molar-refractivity contribution is -0.136. The Morgan fingerprint density at radius 1 is 1.38 bits per heavy atom. The number of aliphatic carboxylic acids is 1. The molecule has 0 aliphatic carbocycles. The van der Waals surface area contributed by atoms with Crippen LogP contribution in [0.25, 0.3) is 10.9 Å². The van der Waals surface area contributed by atoms with Gasteiger partial charge in [0.15, 0.2) is 0 Å². The predicted octanol–water partition coefficient (Wildman–Crippen LogP) is 1.92. The molecule has 82 valence electrons. The number of rotatable bonds is 2. The zero-order valence-corrected chi connectivity index (χ0v) is 9.74. The van der Waals surface area contributed by atoms with E-state index >= 15 is 0 Å². The highest BCUT2D eigenvalue weighted by Crippen LogP contribution is 2.17. The van der Waals surface area contributed by atoms with E-state index in [1.165, 1.54) is 0 Å². The van der Waals surface area contributed by atoms with E-state index in [1.807, 2.05) is 12.1 Å². The van der Waals surface area contributed by atoms with E-state index in [1.54, 1.807) is 12.1 Å². The number of aromatic nitrogens is 1. The lowest BCUT2D eigenvalue weighted by Gasteiger charge is -2.01. The maximum atomic E-state index is 11.5. The molecule has 2 rings (SSSR count). The van der Waals surface area contributed by atoms with Gasteiger partial charge in [0, 0.05) is 15.6 Å². The number of fused-ring (bicyclic) bond motifs is 1. The monoisotopic (exact) mass is 281 g/mol. The number of hydrogen-bond acceptors (Lipinski definition) is 2. The molecule has 0 fully saturated rings. The summed E-state index contributed by atoms with van der Waals surface area (Å²) in [5, 5.41) is 9.47. The molecule has 2 N–H and O–H groups in total. The van der Waals surface area contributed by atoms with Crippen molar-refractivity contribution >= 4 is 32.8 Å². The van der Waals surface area contributed by atoms with Crippen LogP contribution in [0.3, 0.4) is 0 Å². The van der Waals surface area contributed by atoms with Gasteiger partial charge in [-0.15, -0.1) is 0 Å². The van der Waals surface area contributed by atoms with Crippen LogP contribution >= 0.6 is 15.9 Å². The minimum Gasteiger partial charge on any atom is -0.481 e. The first kappa shape index (κ1) is 10.9. The minimum atomic E-state index is -1.01. The highest BCUT2D eigenvalue weighted by Gasteiger charge is 2.07. The number of carboxylic acids is 1. The summed E-state index contributed by atoms with van der Waals surface area (Å²) in [6, 6.07) is 7.04. The Morgan fingerprint density at radius 2 is 2.12 bits per heavy atom. The number of pyridine rings is 1. The zero-order chi connectivity index (χ0) is 11.7. The number of carbonyl (C=O) groups is 1. The summed E-state index contributed by atoms with van der Waals surface area (Å²) in [6.07, 6.45) is -0.263. The first-order valence-corrected chi connectivity index (χ1v) is 5.39. The van der Waals surface area contributed by atoms with Gasteiger partial charge in [-0.25, -0.2) is 0 Å². The van der Waals surface area contributed by atoms with Gasteiger partial charge < -0.3 is 10.1 Å². The molecule has 0 radical (unpaired) electrons. The number of benzene rings is 1. The van der Waals surface area contributed by atoms with Crippen molar-refractivity contribution in [2.24, 2.45) is 0 Å². The molecular formula is C11H8BrNO3. The first-order valence-electron chi connectivity index (χ1n) is 4.59. The van der Waals surface area contributed by atoms with Crippen molar-refractivity contribution in [1.29, 1.82) is 0 Å². The van der Waals surface area contributed by atoms with Crippen molar-refractivity contribution in [3.8, 4) is 0 Å². The summed E-state index contributed by atoms with van der Waals surface area (Å²) in [5.41, 5.74) is 0.601. The summed E-state index contributed by atoms with van der Waals surface area (Å²) < 4.78 is 0.863. The van der Waals surface area contributed by atoms with Crippen LogP contribution in [0.2, 0.25) is 0 Å². The summed E-state index contributed by atoms with van der Waals surface area (Å²) in [7, 11) is 0. The molecule has 2 aromatic rings. The lowest BCUT2D eigenvalue weighted by atomic mass is 10.1. The summed E-state index contributed by atoms with van der Waals surface area (Å²) >= 11 is 3.30. The third kappa shape index (κ3) is 2.14. The third-order valence-electron chi connectivity index (χ3n) is 2.23. The van der Waals surface area contributed by atoms with Gasteiger partial charge in [-0.05, 0) is 23.6 Å². The molecule has 5 heteroatoms. The van der Waals surface area contributed by atoms with Crippen molar-refractivity contribution in [2.75, 3.05) is 0 Å². The molecule has 0 aliphatic rings. The van der Waals surface area contributed by atoms with Crippen LogP contribution < -0.4 is 5.56 Å². The fraction of sp³-hybridized carbons (Fsp3) is 0.0909. The number of H-pyrrole nitrogens is 1. The quantitative estimate of drug-likeness (QED) is 0.884. The van der Waals surface area contributed by atoms with E-state index in [9.17, 15) is 9.59 Å². The second kappa shape index (κ2) is 4.09. The first-order chi connectivity index (χ1) is 7.56. The molecule has 0 aliphatic heterocycles. The molecular weight excluding hydrogens is 274 g/mol. The maximum absolute atomic E-state index is 11.5. The van der Waals surface area contributed by atoms with Crippen LogP contribution in [-0.4, -0.2) is 16.1 Å². The Morgan fingerprint density at radius 3 is 2.81 bits per heavy atom. The molecule has 0 saturated heterocycles. The SMILES string of the molecule is O=C(O)Cc1cc2ccc(Br)cc2[nH]c1=O. The molecule has 0 atom stereocenters. The standard InChI is InChI=1S/C11H8BrNO3/c12-8-2-1-6-3-7(4-10(14)15)11(16)13-9(6)5-8/h1-3,5H,4H2,(H,13,16)(H,14,15). The summed E-state index contributed by atoms with van der Waals surface area (Å²) in [6.45, 7) is 0. The van der Waals surface area contributed by atoms with E-state index in [-0.39, 0.29) is 17.5 Å². The largest absolute Gasteiger partial charge is 0.481 e. The van der Waals surface area contributed by atoms with Crippen molar-refractivity contribution < 1.29 is 9.90 Å². The van der Waals surface area contributed by atoms with Gasteiger partial charge in [0.25, 0.3) is 5.56 Å². The number of carboxylic acid groups (broad SMARTS) is 1. The van der Waals surface area contributed by atoms with E-state index in [2.05, 4.69) is 20.9 Å². The summed E-state index contributed by atoms with van der Waals surface area (Å²) in [4.78, 5) is 24.8. The highest BCUT2D eigenvalue weighted by atomic mass is 79.9. The molecule has 0 amide bonds. The average molecular weight is 282 g/mol. The smallest absolute Gasteiger partial charge is 0.308 e. The number of halogens is 1. The van der Waals surface area contributed by atoms with Crippen LogP contribution in [0.5, 0.6) is 0 Å². The molecule has 1 aromatic carbocycles. The van der Waals surface area contributed by atoms with Crippen molar-refractivity contribution in [3.05, 3.63) is 44.7 Å². The molecule has 16 heavy (non-hydrogen) atoms. The van der Waals surface area contributed by atoms with Gasteiger partial charge in [-0.1, -0.05) is 22.0 Å². The fourth-order valence-corrected chi connectivity index (χ4v) is 1.87. The molecule has 0 bridgehead atoms. The van der Waals surface area contributed by atoms with Crippen LogP contribution in [0, 0.1) is 0 Å². The predicted molar refractivity (Wildman–Crippen MR) is 63.6 cm³/mol. The van der Waals surface area contributed by atoms with Gasteiger partial charge in [-0.3, -0.25) is 9.59 Å². The van der Waals surface area contributed by atoms with Crippen molar-refractivity contribution in [3.63, 3.8) is 0 Å². The zero-order valence-electron chi connectivity index (χ0n) is 8.16. The number of aromatic amines is 1. The van der Waals surface area contributed by atoms with Crippen LogP contribution in [0.4, 0.5) is 0 Å². The molecule has 1 heterocycles. The van der Waals surface area contributed by atoms with Crippen LogP contribution in [0.15, 0.2) is 33.5 Å². The Balaban J connectivity index is 2.63. The second-order valence-corrected chi connectivity index (χ2v) is 4.34. The number of hydrogen-bond donors (Lipinski definition) is 2. The molecule has 0 spiro atoms. The Labute approximate surface area is 99.0 Å². The Kier molecular flexibility index (Phi) is 2.78. The molecule has 0 saturated carbocycles. The molecule has 4 nitrogen and oxygen atoms in total. The van der Waals surface area contributed by atoms with Crippen molar-refractivity contribution in [2.45, 2.75) is 6.42 Å². The fourth-order valence-electron chi connectivity index (χ4n) is 1.51. The van der Waals surface area contributed by atoms with E-state index in [0.29, 0.717) is 5.52 Å². The van der Waals surface area contributed by atoms with Gasteiger partial charge in [0.05, 0.1) is 6.42 Å². The van der Waals surface area contributed by atoms with Gasteiger partial charge in [0.2, 0.25) is 0 Å². The van der Waals surface area contributed by atoms with Crippen molar-refractivity contribution in [1.82, 2.24) is 4.98 Å². The van der Waals surface area contributed by atoms with E-state index < -0.39 is 5.97 Å². The van der Waals surface area contributed by atoms with E-state index in [0.717, 1.165) is 9.86 Å². The normalized spacial score (nSPS) is 10.6. The highest BCUT2D eigenvalue weighted by molar-refractivity contribution is 9.10. The average Bonchev–Trinajstić information content (AvgIpc) is 2.19. The lowest BCUT2D eigenvalue weighted by Crippen LogP contribution is -2.15. The Bertz CT molecular complexity index is 618. The van der Waals surface area contributed by atoms with Gasteiger partial charge in [-0.2, -0.15) is 0 Å². The second-order valence-electron chi connectivity index (χ2n) is 3.43. The number of nitrogens with one attached hydrogen (secondary N) is 1. The van der Waals surface area contributed by atoms with E-state index in [4.69, 9.17) is 5.11 Å². The third-order valence-corrected chi connectivity index (χ3v) is 2.72. The molecule has 0 unspecified atom stereocenters. The van der Waals surface area contributed by atoms with Crippen LogP contribution in [-0.2, 0) is 11.2 Å². The van der Waals surface area contributed by atoms with Crippen LogP contribution in [0.1, 0.15) is 5.56 Å². The summed E-state index contributed by atoms with van der Waals surface area (Å²) in [5.74, 6) is -1.01.